The highest BCUT2D eigenvalue weighted by molar-refractivity contribution is 5.91. The summed E-state index contributed by atoms with van der Waals surface area (Å²) in [6.45, 7) is 2.38. The van der Waals surface area contributed by atoms with Crippen LogP contribution in [0, 0.1) is 5.92 Å². The summed E-state index contributed by atoms with van der Waals surface area (Å²) in [7, 11) is 0. The van der Waals surface area contributed by atoms with Crippen LogP contribution in [0.1, 0.15) is 12.0 Å². The van der Waals surface area contributed by atoms with Gasteiger partial charge in [0, 0.05) is 18.9 Å². The van der Waals surface area contributed by atoms with E-state index >= 15 is 0 Å². The molecule has 1 fully saturated rings. The first-order chi connectivity index (χ1) is 9.83. The maximum absolute atomic E-state index is 12.1. The van der Waals surface area contributed by atoms with Crippen LogP contribution in [-0.4, -0.2) is 28.5 Å². The van der Waals surface area contributed by atoms with Gasteiger partial charge in [-0.05, 0) is 18.5 Å². The molecule has 0 saturated carbocycles. The standard InChI is InChI=1S/C15H18N4O/c20-14(13-6-7-16-10-13)18-15-17-8-9-19(15)11-12-4-2-1-3-5-12/h1-5,8-9,13,16H,6-7,10-11H2,(H,17,18,20). The van der Waals surface area contributed by atoms with Crippen molar-refractivity contribution in [2.45, 2.75) is 13.0 Å². The Morgan fingerprint density at radius 3 is 3.00 bits per heavy atom. The summed E-state index contributed by atoms with van der Waals surface area (Å²) in [5, 5.41) is 6.12. The van der Waals surface area contributed by atoms with Gasteiger partial charge in [-0.1, -0.05) is 30.3 Å². The third kappa shape index (κ3) is 2.88. The Morgan fingerprint density at radius 2 is 2.25 bits per heavy atom. The van der Waals surface area contributed by atoms with Crippen LogP contribution in [0.4, 0.5) is 5.95 Å². The van der Waals surface area contributed by atoms with Crippen molar-refractivity contribution >= 4 is 11.9 Å². The van der Waals surface area contributed by atoms with Crippen LogP contribution >= 0.6 is 0 Å². The van der Waals surface area contributed by atoms with Gasteiger partial charge in [-0.15, -0.1) is 0 Å². The van der Waals surface area contributed by atoms with Crippen molar-refractivity contribution in [3.05, 3.63) is 48.3 Å². The van der Waals surface area contributed by atoms with Gasteiger partial charge in [0.1, 0.15) is 0 Å². The molecule has 1 aliphatic heterocycles. The lowest BCUT2D eigenvalue weighted by Gasteiger charge is -2.11. The van der Waals surface area contributed by atoms with E-state index in [1.54, 1.807) is 6.20 Å². The zero-order chi connectivity index (χ0) is 13.8. The number of carbonyl (C=O) groups is 1. The van der Waals surface area contributed by atoms with Gasteiger partial charge in [0.2, 0.25) is 11.9 Å². The van der Waals surface area contributed by atoms with Crippen molar-refractivity contribution in [1.82, 2.24) is 14.9 Å². The molecule has 2 N–H and O–H groups in total. The predicted octanol–water partition coefficient (Wildman–Crippen LogP) is 1.48. The SMILES string of the molecule is O=C(Nc1nccn1Cc1ccccc1)C1CCNC1. The van der Waals surface area contributed by atoms with Gasteiger partial charge in [0.15, 0.2) is 0 Å². The second-order valence-corrected chi connectivity index (χ2v) is 5.04. The number of imidazole rings is 1. The number of hydrogen-bond donors (Lipinski definition) is 2. The Bertz CT molecular complexity index is 573. The molecule has 1 aromatic heterocycles. The Morgan fingerprint density at radius 1 is 1.40 bits per heavy atom. The van der Waals surface area contributed by atoms with Crippen molar-refractivity contribution in [2.24, 2.45) is 5.92 Å². The maximum atomic E-state index is 12.1. The number of anilines is 1. The lowest BCUT2D eigenvalue weighted by molar-refractivity contribution is -0.119. The number of amides is 1. The highest BCUT2D eigenvalue weighted by Crippen LogP contribution is 2.13. The van der Waals surface area contributed by atoms with Gasteiger partial charge in [-0.2, -0.15) is 0 Å². The molecule has 0 radical (unpaired) electrons. The van der Waals surface area contributed by atoms with E-state index < -0.39 is 0 Å². The highest BCUT2D eigenvalue weighted by Gasteiger charge is 2.23. The average Bonchev–Trinajstić information content (AvgIpc) is 3.12. The van der Waals surface area contributed by atoms with Crippen molar-refractivity contribution in [3.8, 4) is 0 Å². The molecule has 2 aromatic rings. The molecule has 1 unspecified atom stereocenters. The quantitative estimate of drug-likeness (QED) is 0.884. The van der Waals surface area contributed by atoms with E-state index in [0.717, 1.165) is 19.5 Å². The lowest BCUT2D eigenvalue weighted by Crippen LogP contribution is -2.26. The smallest absolute Gasteiger partial charge is 0.231 e. The van der Waals surface area contributed by atoms with Gasteiger partial charge in [0.05, 0.1) is 12.5 Å². The number of nitrogens with one attached hydrogen (secondary N) is 2. The summed E-state index contributed by atoms with van der Waals surface area (Å²) in [6.07, 6.45) is 4.49. The molecule has 104 valence electrons. The summed E-state index contributed by atoms with van der Waals surface area (Å²) in [5.74, 6) is 0.721. The number of nitrogens with zero attached hydrogens (tertiary/aromatic N) is 2. The molecule has 0 bridgehead atoms. The summed E-state index contributed by atoms with van der Waals surface area (Å²) in [6, 6.07) is 10.1. The molecule has 1 saturated heterocycles. The molecule has 3 rings (SSSR count). The summed E-state index contributed by atoms with van der Waals surface area (Å²) in [5.41, 5.74) is 1.18. The molecule has 5 nitrogen and oxygen atoms in total. The zero-order valence-corrected chi connectivity index (χ0v) is 11.2. The molecular formula is C15H18N4O. The van der Waals surface area contributed by atoms with Crippen LogP contribution in [0.25, 0.3) is 0 Å². The molecule has 1 atom stereocenters. The van der Waals surface area contributed by atoms with Gasteiger partial charge >= 0.3 is 0 Å². The van der Waals surface area contributed by atoms with E-state index in [9.17, 15) is 4.79 Å². The Balaban J connectivity index is 1.68. The first-order valence-electron chi connectivity index (χ1n) is 6.89. The largest absolute Gasteiger partial charge is 0.316 e. The van der Waals surface area contributed by atoms with Crippen LogP contribution in [0.5, 0.6) is 0 Å². The third-order valence-corrected chi connectivity index (χ3v) is 3.58. The maximum Gasteiger partial charge on any atom is 0.231 e. The van der Waals surface area contributed by atoms with E-state index in [4.69, 9.17) is 0 Å². The number of benzene rings is 1. The van der Waals surface area contributed by atoms with Crippen LogP contribution in [-0.2, 0) is 11.3 Å². The molecule has 0 spiro atoms. The summed E-state index contributed by atoms with van der Waals surface area (Å²) in [4.78, 5) is 16.3. The van der Waals surface area contributed by atoms with E-state index in [1.165, 1.54) is 5.56 Å². The fourth-order valence-corrected chi connectivity index (χ4v) is 2.43. The summed E-state index contributed by atoms with van der Waals surface area (Å²) < 4.78 is 1.95. The van der Waals surface area contributed by atoms with Crippen LogP contribution < -0.4 is 10.6 Å². The van der Waals surface area contributed by atoms with Crippen molar-refractivity contribution in [1.29, 1.82) is 0 Å². The Labute approximate surface area is 118 Å². The first-order valence-corrected chi connectivity index (χ1v) is 6.89. The minimum absolute atomic E-state index is 0.0514. The molecule has 1 aromatic carbocycles. The fourth-order valence-electron chi connectivity index (χ4n) is 2.43. The lowest BCUT2D eigenvalue weighted by atomic mass is 10.1. The number of rotatable bonds is 4. The number of aromatic nitrogens is 2. The predicted molar refractivity (Wildman–Crippen MR) is 77.4 cm³/mol. The van der Waals surface area contributed by atoms with E-state index in [0.29, 0.717) is 12.5 Å². The van der Waals surface area contributed by atoms with E-state index in [-0.39, 0.29) is 11.8 Å². The second-order valence-electron chi connectivity index (χ2n) is 5.04. The molecule has 1 aliphatic rings. The zero-order valence-electron chi connectivity index (χ0n) is 11.2. The minimum Gasteiger partial charge on any atom is -0.316 e. The average molecular weight is 270 g/mol. The summed E-state index contributed by atoms with van der Waals surface area (Å²) >= 11 is 0. The van der Waals surface area contributed by atoms with Gasteiger partial charge in [-0.3, -0.25) is 10.1 Å². The van der Waals surface area contributed by atoms with Crippen molar-refractivity contribution in [2.75, 3.05) is 18.4 Å². The van der Waals surface area contributed by atoms with E-state index in [1.807, 2.05) is 29.0 Å². The van der Waals surface area contributed by atoms with Crippen LogP contribution in [0.3, 0.4) is 0 Å². The molecule has 20 heavy (non-hydrogen) atoms. The van der Waals surface area contributed by atoms with Gasteiger partial charge in [0.25, 0.3) is 0 Å². The van der Waals surface area contributed by atoms with E-state index in [2.05, 4.69) is 27.8 Å². The minimum atomic E-state index is 0.0514. The molecule has 1 amide bonds. The molecule has 5 heteroatoms. The normalized spacial score (nSPS) is 18.1. The van der Waals surface area contributed by atoms with Crippen LogP contribution in [0.15, 0.2) is 42.7 Å². The van der Waals surface area contributed by atoms with Crippen molar-refractivity contribution in [3.63, 3.8) is 0 Å². The fraction of sp³-hybridized carbons (Fsp3) is 0.333. The van der Waals surface area contributed by atoms with Gasteiger partial charge in [-0.25, -0.2) is 4.98 Å². The topological polar surface area (TPSA) is 59.0 Å². The molecular weight excluding hydrogens is 252 g/mol. The highest BCUT2D eigenvalue weighted by atomic mass is 16.2. The van der Waals surface area contributed by atoms with Gasteiger partial charge < -0.3 is 9.88 Å². The second kappa shape index (κ2) is 5.88. The Kier molecular flexibility index (Phi) is 3.78. The molecule has 2 heterocycles. The monoisotopic (exact) mass is 270 g/mol. The number of carbonyl (C=O) groups excluding carboxylic acids is 1. The molecule has 0 aliphatic carbocycles. The third-order valence-electron chi connectivity index (χ3n) is 3.58. The number of hydrogen-bond acceptors (Lipinski definition) is 3. The Hall–Kier alpha value is -2.14. The van der Waals surface area contributed by atoms with Crippen molar-refractivity contribution < 1.29 is 4.79 Å². The first kappa shape index (κ1) is 12.9. The van der Waals surface area contributed by atoms with Crippen LogP contribution in [0.2, 0.25) is 0 Å².